The average Bonchev–Trinajstić information content (AvgIpc) is 2.65. The Morgan fingerprint density at radius 1 is 1.19 bits per heavy atom. The molecule has 2 N–H and O–H groups in total. The number of H-pyrrole nitrogens is 1. The highest BCUT2D eigenvalue weighted by atomic mass is 35.5. The molecule has 0 unspecified atom stereocenters. The van der Waals surface area contributed by atoms with Gasteiger partial charge in [0.25, 0.3) is 5.91 Å². The molecule has 2 aromatic rings. The third-order valence-electron chi connectivity index (χ3n) is 2.82. The molecule has 82 valence electrons. The third kappa shape index (κ3) is 1.25. The van der Waals surface area contributed by atoms with E-state index in [9.17, 15) is 4.79 Å². The summed E-state index contributed by atoms with van der Waals surface area (Å²) in [6.45, 7) is 0.647. The molecule has 0 bridgehead atoms. The number of halogens is 2. The van der Waals surface area contributed by atoms with Crippen LogP contribution in [0.2, 0.25) is 10.0 Å². The molecular formula is C11H8Cl2N2O. The van der Waals surface area contributed by atoms with E-state index >= 15 is 0 Å². The maximum atomic E-state index is 11.8. The zero-order valence-electron chi connectivity index (χ0n) is 8.23. The number of carbonyl (C=O) groups is 1. The minimum absolute atomic E-state index is 0.0864. The van der Waals surface area contributed by atoms with Crippen LogP contribution in [0.15, 0.2) is 12.1 Å². The van der Waals surface area contributed by atoms with Gasteiger partial charge in [-0.25, -0.2) is 0 Å². The molecular weight excluding hydrogens is 247 g/mol. The molecule has 0 saturated carbocycles. The lowest BCUT2D eigenvalue weighted by Crippen LogP contribution is -2.31. The molecule has 0 aliphatic carbocycles. The lowest BCUT2D eigenvalue weighted by atomic mass is 10.1. The van der Waals surface area contributed by atoms with Gasteiger partial charge in [-0.05, 0) is 12.1 Å². The first-order chi connectivity index (χ1) is 7.68. The minimum Gasteiger partial charge on any atom is -0.356 e. The Hall–Kier alpha value is -1.19. The number of benzene rings is 1. The second-order valence-electron chi connectivity index (χ2n) is 3.76. The number of hydrogen-bond donors (Lipinski definition) is 2. The molecule has 0 atom stereocenters. The monoisotopic (exact) mass is 254 g/mol. The molecule has 1 amide bonds. The number of aromatic nitrogens is 1. The summed E-state index contributed by atoms with van der Waals surface area (Å²) in [5, 5.41) is 4.66. The van der Waals surface area contributed by atoms with Crippen molar-refractivity contribution in [3.63, 3.8) is 0 Å². The maximum Gasteiger partial charge on any atom is 0.253 e. The first kappa shape index (κ1) is 10.00. The maximum absolute atomic E-state index is 11.8. The van der Waals surface area contributed by atoms with Crippen LogP contribution in [0.1, 0.15) is 16.1 Å². The van der Waals surface area contributed by atoms with Gasteiger partial charge < -0.3 is 10.3 Å². The van der Waals surface area contributed by atoms with E-state index in [-0.39, 0.29) is 5.91 Å². The van der Waals surface area contributed by atoms with E-state index in [1.165, 1.54) is 0 Å². The van der Waals surface area contributed by atoms with Crippen LogP contribution in [0.25, 0.3) is 10.9 Å². The Morgan fingerprint density at radius 2 is 1.94 bits per heavy atom. The summed E-state index contributed by atoms with van der Waals surface area (Å²) in [5.74, 6) is -0.0864. The van der Waals surface area contributed by atoms with Crippen molar-refractivity contribution in [3.8, 4) is 0 Å². The van der Waals surface area contributed by atoms with Gasteiger partial charge in [-0.2, -0.15) is 0 Å². The van der Waals surface area contributed by atoms with Gasteiger partial charge in [-0.3, -0.25) is 4.79 Å². The van der Waals surface area contributed by atoms with Crippen molar-refractivity contribution < 1.29 is 4.79 Å². The second kappa shape index (κ2) is 3.40. The fourth-order valence-corrected chi connectivity index (χ4v) is 2.57. The van der Waals surface area contributed by atoms with Crippen LogP contribution in [0.4, 0.5) is 0 Å². The van der Waals surface area contributed by atoms with Crippen molar-refractivity contribution in [2.75, 3.05) is 6.54 Å². The number of nitrogens with one attached hydrogen (secondary N) is 2. The first-order valence-corrected chi connectivity index (χ1v) is 5.71. The highest BCUT2D eigenvalue weighted by Crippen LogP contribution is 2.34. The molecule has 2 heterocycles. The predicted octanol–water partition coefficient (Wildman–Crippen LogP) is 2.76. The number of aromatic amines is 1. The van der Waals surface area contributed by atoms with E-state index in [2.05, 4.69) is 10.3 Å². The summed E-state index contributed by atoms with van der Waals surface area (Å²) in [6, 6.07) is 3.44. The van der Waals surface area contributed by atoms with Crippen LogP contribution in [0.3, 0.4) is 0 Å². The third-order valence-corrected chi connectivity index (χ3v) is 3.45. The van der Waals surface area contributed by atoms with Gasteiger partial charge in [0.15, 0.2) is 0 Å². The van der Waals surface area contributed by atoms with Gasteiger partial charge in [0.2, 0.25) is 0 Å². The van der Waals surface area contributed by atoms with Crippen molar-refractivity contribution in [1.29, 1.82) is 0 Å². The number of hydrogen-bond acceptors (Lipinski definition) is 1. The predicted molar refractivity (Wildman–Crippen MR) is 64.4 cm³/mol. The van der Waals surface area contributed by atoms with E-state index in [0.717, 1.165) is 23.0 Å². The molecule has 1 aliphatic rings. The van der Waals surface area contributed by atoms with Crippen molar-refractivity contribution in [2.45, 2.75) is 6.42 Å². The number of carbonyl (C=O) groups excluding carboxylic acids is 1. The van der Waals surface area contributed by atoms with Gasteiger partial charge >= 0.3 is 0 Å². The molecule has 0 fully saturated rings. The van der Waals surface area contributed by atoms with Crippen molar-refractivity contribution >= 4 is 40.0 Å². The molecule has 5 heteroatoms. The molecule has 1 aliphatic heterocycles. The van der Waals surface area contributed by atoms with Gasteiger partial charge in [0, 0.05) is 24.0 Å². The van der Waals surface area contributed by atoms with Crippen LogP contribution < -0.4 is 5.32 Å². The van der Waals surface area contributed by atoms with Crippen molar-refractivity contribution in [3.05, 3.63) is 33.4 Å². The largest absolute Gasteiger partial charge is 0.356 e. The second-order valence-corrected chi connectivity index (χ2v) is 4.58. The summed E-state index contributed by atoms with van der Waals surface area (Å²) in [6.07, 6.45) is 0.780. The van der Waals surface area contributed by atoms with Gasteiger partial charge in [-0.15, -0.1) is 0 Å². The van der Waals surface area contributed by atoms with Crippen molar-refractivity contribution in [2.24, 2.45) is 0 Å². The van der Waals surface area contributed by atoms with E-state index in [0.29, 0.717) is 22.2 Å². The Morgan fingerprint density at radius 3 is 2.75 bits per heavy atom. The first-order valence-electron chi connectivity index (χ1n) is 4.95. The van der Waals surface area contributed by atoms with Crippen LogP contribution in [0, 0.1) is 0 Å². The Labute approximate surface area is 102 Å². The summed E-state index contributed by atoms with van der Waals surface area (Å²) in [4.78, 5) is 15.0. The fraction of sp³-hybridized carbons (Fsp3) is 0.182. The molecule has 0 saturated heterocycles. The summed E-state index contributed by atoms with van der Waals surface area (Å²) in [5.41, 5.74) is 2.29. The van der Waals surface area contributed by atoms with E-state index in [4.69, 9.17) is 23.2 Å². The Balaban J connectivity index is 2.46. The van der Waals surface area contributed by atoms with Gasteiger partial charge in [-0.1, -0.05) is 23.2 Å². The number of amides is 1. The molecule has 1 aromatic heterocycles. The highest BCUT2D eigenvalue weighted by molar-refractivity contribution is 6.41. The molecule has 3 rings (SSSR count). The lowest BCUT2D eigenvalue weighted by Gasteiger charge is -2.12. The average molecular weight is 255 g/mol. The summed E-state index contributed by atoms with van der Waals surface area (Å²) >= 11 is 12.2. The number of fused-ring (bicyclic) bond motifs is 3. The Bertz CT molecular complexity index is 604. The SMILES string of the molecule is O=C1NCCc2[nH]c3c(Cl)ccc(Cl)c3c21. The fourth-order valence-electron chi connectivity index (χ4n) is 2.11. The quantitative estimate of drug-likeness (QED) is 0.746. The zero-order valence-corrected chi connectivity index (χ0v) is 9.74. The molecule has 16 heavy (non-hydrogen) atoms. The van der Waals surface area contributed by atoms with Crippen LogP contribution in [0.5, 0.6) is 0 Å². The van der Waals surface area contributed by atoms with Crippen LogP contribution in [-0.4, -0.2) is 17.4 Å². The van der Waals surface area contributed by atoms with E-state index in [1.807, 2.05) is 0 Å². The molecule has 0 spiro atoms. The van der Waals surface area contributed by atoms with Gasteiger partial charge in [0.05, 0.1) is 21.1 Å². The van der Waals surface area contributed by atoms with Crippen molar-refractivity contribution in [1.82, 2.24) is 10.3 Å². The topological polar surface area (TPSA) is 44.9 Å². The van der Waals surface area contributed by atoms with E-state index in [1.54, 1.807) is 12.1 Å². The Kier molecular flexibility index (Phi) is 2.13. The molecule has 3 nitrogen and oxygen atoms in total. The minimum atomic E-state index is -0.0864. The normalized spacial score (nSPS) is 15.0. The molecule has 1 aromatic carbocycles. The number of rotatable bonds is 0. The summed E-state index contributed by atoms with van der Waals surface area (Å²) < 4.78 is 0. The highest BCUT2D eigenvalue weighted by Gasteiger charge is 2.24. The lowest BCUT2D eigenvalue weighted by molar-refractivity contribution is 0.0947. The van der Waals surface area contributed by atoms with E-state index < -0.39 is 0 Å². The van der Waals surface area contributed by atoms with Gasteiger partial charge in [0.1, 0.15) is 0 Å². The molecule has 0 radical (unpaired) electrons. The zero-order chi connectivity index (χ0) is 11.3. The van der Waals surface area contributed by atoms with Crippen LogP contribution in [-0.2, 0) is 6.42 Å². The standard InChI is InChI=1S/C11H8Cl2N2O/c12-5-1-2-6(13)10-8(5)9-7(15-10)3-4-14-11(9)16/h1-2,15H,3-4H2,(H,14,16). The van der Waals surface area contributed by atoms with Crippen LogP contribution >= 0.6 is 23.2 Å². The summed E-state index contributed by atoms with van der Waals surface area (Å²) in [7, 11) is 0. The smallest absolute Gasteiger partial charge is 0.253 e.